The Bertz CT molecular complexity index is 1100. The summed E-state index contributed by atoms with van der Waals surface area (Å²) in [6, 6.07) is 8.87. The Morgan fingerprint density at radius 2 is 1.42 bits per heavy atom. The molecule has 0 aromatic heterocycles. The highest BCUT2D eigenvalue weighted by Gasteiger charge is 2.52. The normalized spacial score (nSPS) is 13.4. The second kappa shape index (κ2) is 13.8. The van der Waals surface area contributed by atoms with E-state index in [4.69, 9.17) is 0 Å². The summed E-state index contributed by atoms with van der Waals surface area (Å²) >= 11 is 0. The fourth-order valence-corrected chi connectivity index (χ4v) is 6.12. The number of halogens is 1. The van der Waals surface area contributed by atoms with Crippen LogP contribution >= 0.6 is 0 Å². The van der Waals surface area contributed by atoms with Gasteiger partial charge in [0.05, 0.1) is 5.75 Å². The molecule has 2 N–H and O–H groups in total. The van der Waals surface area contributed by atoms with Gasteiger partial charge in [0.1, 0.15) is 5.75 Å². The number of carbonyl (C=O) groups is 1. The number of aromatic hydroxyl groups is 1. The number of phenolic OH excluding ortho intramolecular Hbond substituents is 1. The monoisotopic (exact) mass is 519 g/mol. The summed E-state index contributed by atoms with van der Waals surface area (Å²) in [5.74, 6) is -1.56. The maximum Gasteiger partial charge on any atom is 0.312 e. The van der Waals surface area contributed by atoms with Crippen molar-refractivity contribution in [3.8, 4) is 5.75 Å². The fourth-order valence-electron chi connectivity index (χ4n) is 4.43. The number of amides is 1. The van der Waals surface area contributed by atoms with Gasteiger partial charge >= 0.3 is 5.00 Å². The number of alkyl halides is 1. The minimum absolute atomic E-state index is 0.0913. The van der Waals surface area contributed by atoms with E-state index in [1.54, 1.807) is 26.8 Å². The van der Waals surface area contributed by atoms with E-state index in [2.05, 4.69) is 12.2 Å². The number of sulfone groups is 1. The third-order valence-electron chi connectivity index (χ3n) is 6.94. The third-order valence-corrected chi connectivity index (χ3v) is 9.04. The van der Waals surface area contributed by atoms with Gasteiger partial charge in [-0.3, -0.25) is 4.79 Å². The van der Waals surface area contributed by atoms with Crippen LogP contribution in [0, 0.1) is 20.8 Å². The van der Waals surface area contributed by atoms with Crippen molar-refractivity contribution < 1.29 is 22.7 Å². The summed E-state index contributed by atoms with van der Waals surface area (Å²) in [7, 11) is -4.47. The number of nitrogens with one attached hydrogen (secondary N) is 1. The fraction of sp³-hybridized carbons (Fsp3) is 0.552. The summed E-state index contributed by atoms with van der Waals surface area (Å²) in [6.07, 6.45) is 10.2. The van der Waals surface area contributed by atoms with E-state index in [0.29, 0.717) is 29.5 Å². The van der Waals surface area contributed by atoms with Gasteiger partial charge in [-0.15, -0.1) is 0 Å². The molecule has 2 aromatic carbocycles. The molecule has 200 valence electrons. The maximum absolute atomic E-state index is 16.5. The highest BCUT2D eigenvalue weighted by molar-refractivity contribution is 7.93. The van der Waals surface area contributed by atoms with Gasteiger partial charge in [0.15, 0.2) is 9.84 Å². The Hall–Kier alpha value is -2.41. The van der Waals surface area contributed by atoms with Crippen LogP contribution in [0.1, 0.15) is 93.4 Å². The van der Waals surface area contributed by atoms with Crippen LogP contribution in [0.5, 0.6) is 5.75 Å². The summed E-state index contributed by atoms with van der Waals surface area (Å²) in [6.45, 7) is 7.23. The molecule has 0 saturated heterocycles. The van der Waals surface area contributed by atoms with Crippen LogP contribution in [-0.2, 0) is 19.6 Å². The smallest absolute Gasteiger partial charge is 0.312 e. The topological polar surface area (TPSA) is 83.5 Å². The molecule has 0 heterocycles. The molecular weight excluding hydrogens is 477 g/mol. The zero-order valence-corrected chi connectivity index (χ0v) is 23.0. The van der Waals surface area contributed by atoms with Crippen LogP contribution in [0.2, 0.25) is 0 Å². The van der Waals surface area contributed by atoms with E-state index in [1.165, 1.54) is 62.4 Å². The molecule has 0 spiro atoms. The lowest BCUT2D eigenvalue weighted by molar-refractivity contribution is -0.123. The van der Waals surface area contributed by atoms with Crippen LogP contribution in [0.15, 0.2) is 36.4 Å². The first-order valence-electron chi connectivity index (χ1n) is 13.1. The van der Waals surface area contributed by atoms with Gasteiger partial charge in [-0.2, -0.15) is 0 Å². The average Bonchev–Trinajstić information content (AvgIpc) is 2.86. The lowest BCUT2D eigenvalue weighted by Crippen LogP contribution is -2.44. The number of anilines is 1. The molecule has 0 aliphatic carbocycles. The highest BCUT2D eigenvalue weighted by atomic mass is 32.2. The van der Waals surface area contributed by atoms with Gasteiger partial charge in [0, 0.05) is 11.3 Å². The van der Waals surface area contributed by atoms with Crippen LogP contribution in [0.3, 0.4) is 0 Å². The van der Waals surface area contributed by atoms with Gasteiger partial charge in [0.25, 0.3) is 5.91 Å². The predicted octanol–water partition coefficient (Wildman–Crippen LogP) is 7.41. The van der Waals surface area contributed by atoms with E-state index < -0.39 is 26.5 Å². The number of hydrogen-bond donors (Lipinski definition) is 2. The van der Waals surface area contributed by atoms with Gasteiger partial charge < -0.3 is 10.4 Å². The Morgan fingerprint density at radius 3 is 1.97 bits per heavy atom. The lowest BCUT2D eigenvalue weighted by Gasteiger charge is -2.26. The maximum atomic E-state index is 16.5. The number of phenols is 1. The Kier molecular flexibility index (Phi) is 11.4. The van der Waals surface area contributed by atoms with Crippen LogP contribution in [0.25, 0.3) is 0 Å². The Morgan fingerprint density at radius 1 is 0.889 bits per heavy atom. The molecular formula is C29H42FNO4S. The van der Waals surface area contributed by atoms with Crippen LogP contribution in [0.4, 0.5) is 10.1 Å². The summed E-state index contributed by atoms with van der Waals surface area (Å²) in [4.78, 5) is 13.3. The minimum atomic E-state index is -4.47. The number of rotatable bonds is 15. The van der Waals surface area contributed by atoms with Crippen molar-refractivity contribution in [2.75, 3.05) is 11.1 Å². The number of carbonyl (C=O) groups excluding carboxylic acids is 1. The SMILES string of the molecule is CCCCCCCCCCCCS(=O)(=O)C(F)(C(=O)Nc1cc(C)c(O)c(C)c1C)c1ccccc1. The molecule has 0 bridgehead atoms. The van der Waals surface area contributed by atoms with Gasteiger partial charge in [-0.05, 0) is 49.9 Å². The van der Waals surface area contributed by atoms with E-state index in [1.807, 2.05) is 0 Å². The third kappa shape index (κ3) is 7.31. The zero-order valence-electron chi connectivity index (χ0n) is 22.2. The largest absolute Gasteiger partial charge is 0.507 e. The molecule has 0 saturated carbocycles. The molecule has 0 aliphatic rings. The van der Waals surface area contributed by atoms with Crippen molar-refractivity contribution in [2.24, 2.45) is 0 Å². The van der Waals surface area contributed by atoms with E-state index in [9.17, 15) is 18.3 Å². The molecule has 0 aliphatic heterocycles. The number of unbranched alkanes of at least 4 members (excludes halogenated alkanes) is 9. The van der Waals surface area contributed by atoms with Crippen molar-refractivity contribution in [1.82, 2.24) is 0 Å². The first-order valence-corrected chi connectivity index (χ1v) is 14.8. The van der Waals surface area contributed by atoms with Crippen LogP contribution in [-0.4, -0.2) is 25.2 Å². The van der Waals surface area contributed by atoms with Gasteiger partial charge in [-0.1, -0.05) is 95.0 Å². The highest BCUT2D eigenvalue weighted by Crippen LogP contribution is 2.37. The van der Waals surface area contributed by atoms with Crippen molar-refractivity contribution in [3.63, 3.8) is 0 Å². The standard InChI is InChI=1S/C29H42FNO4S/c1-5-6-7-8-9-10-11-12-13-17-20-36(34,35)29(30,25-18-15-14-16-19-25)28(33)31-26-21-22(2)27(32)24(4)23(26)3/h14-16,18-19,21,32H,5-13,17,20H2,1-4H3,(H,31,33). The van der Waals surface area contributed by atoms with Crippen molar-refractivity contribution in [2.45, 2.75) is 96.9 Å². The molecule has 0 fully saturated rings. The first kappa shape index (κ1) is 29.8. The summed E-state index contributed by atoms with van der Waals surface area (Å²) in [5.41, 5.74) is 1.67. The molecule has 7 heteroatoms. The second-order valence-electron chi connectivity index (χ2n) is 9.76. The molecule has 1 amide bonds. The molecule has 36 heavy (non-hydrogen) atoms. The second-order valence-corrected chi connectivity index (χ2v) is 12.0. The lowest BCUT2D eigenvalue weighted by atomic mass is 10.0. The molecule has 1 atom stereocenters. The summed E-state index contributed by atoms with van der Waals surface area (Å²) in [5, 5.41) is 9.43. The Labute approximate surface area is 216 Å². The number of aryl methyl sites for hydroxylation is 1. The summed E-state index contributed by atoms with van der Waals surface area (Å²) < 4.78 is 43.2. The number of benzene rings is 2. The number of hydrogen-bond acceptors (Lipinski definition) is 4. The average molecular weight is 520 g/mol. The van der Waals surface area contributed by atoms with Gasteiger partial charge in [0.2, 0.25) is 0 Å². The molecule has 5 nitrogen and oxygen atoms in total. The predicted molar refractivity (Wildman–Crippen MR) is 146 cm³/mol. The minimum Gasteiger partial charge on any atom is -0.507 e. The molecule has 2 aromatic rings. The van der Waals surface area contributed by atoms with E-state index in [0.717, 1.165) is 19.3 Å². The molecule has 1 unspecified atom stereocenters. The van der Waals surface area contributed by atoms with E-state index in [-0.39, 0.29) is 17.0 Å². The van der Waals surface area contributed by atoms with Crippen molar-refractivity contribution >= 4 is 21.4 Å². The Balaban J connectivity index is 2.12. The van der Waals surface area contributed by atoms with Crippen LogP contribution < -0.4 is 5.32 Å². The quantitative estimate of drug-likeness (QED) is 0.189. The molecule has 2 rings (SSSR count). The zero-order chi connectivity index (χ0) is 26.8. The molecule has 0 radical (unpaired) electrons. The van der Waals surface area contributed by atoms with E-state index >= 15 is 4.39 Å². The van der Waals surface area contributed by atoms with Gasteiger partial charge in [-0.25, -0.2) is 12.8 Å². The van der Waals surface area contributed by atoms with Crippen molar-refractivity contribution in [3.05, 3.63) is 58.7 Å². The first-order chi connectivity index (χ1) is 17.1. The van der Waals surface area contributed by atoms with Crippen molar-refractivity contribution in [1.29, 1.82) is 0 Å².